The molecule has 176 valence electrons. The lowest BCUT2D eigenvalue weighted by Gasteiger charge is -2.25. The maximum absolute atomic E-state index is 12.4. The third kappa shape index (κ3) is 5.77. The number of piperazine rings is 1. The van der Waals surface area contributed by atoms with Crippen molar-refractivity contribution >= 4 is 17.8 Å². The molecule has 2 aliphatic rings. The van der Waals surface area contributed by atoms with Gasteiger partial charge in [-0.25, -0.2) is 14.8 Å². The van der Waals surface area contributed by atoms with E-state index in [1.165, 1.54) is 18.3 Å². The summed E-state index contributed by atoms with van der Waals surface area (Å²) in [5.41, 5.74) is 3.84. The van der Waals surface area contributed by atoms with Crippen LogP contribution in [-0.4, -0.2) is 51.5 Å². The van der Waals surface area contributed by atoms with E-state index >= 15 is 0 Å². The van der Waals surface area contributed by atoms with Gasteiger partial charge in [-0.1, -0.05) is 0 Å². The highest BCUT2D eigenvalue weighted by Gasteiger charge is 2.25. The number of nitrogens with zero attached hydrogens (tertiary/aromatic N) is 5. The summed E-state index contributed by atoms with van der Waals surface area (Å²) in [6, 6.07) is 12.7. The first kappa shape index (κ1) is 22.4. The molecule has 1 aliphatic carbocycles. The van der Waals surface area contributed by atoms with Crippen LogP contribution in [0.4, 0.5) is 10.6 Å². The lowest BCUT2D eigenvalue weighted by molar-refractivity contribution is -0.124. The van der Waals surface area contributed by atoms with Gasteiger partial charge in [0.05, 0.1) is 29.6 Å². The standard InChI is InChI=1S/C25H23N7O3/c26-12-16-5-6-28-24(9-16)35-25(34)31-22-11-19(17-1-2-17)10-21(30-22)18-3-4-20(29-13-18)14-32-8-7-27-23(33)15-32/h3-6,9-11,13,17H,1-2,7-8,14-15H2,(H,27,33)(H,30,31,34). The molecule has 2 amide bonds. The van der Waals surface area contributed by atoms with E-state index in [4.69, 9.17) is 10.00 Å². The Kier molecular flexibility index (Phi) is 6.32. The molecule has 0 spiro atoms. The maximum atomic E-state index is 12.4. The second-order valence-electron chi connectivity index (χ2n) is 8.55. The molecule has 0 atom stereocenters. The zero-order chi connectivity index (χ0) is 24.2. The summed E-state index contributed by atoms with van der Waals surface area (Å²) in [7, 11) is 0. The van der Waals surface area contributed by atoms with E-state index in [0.29, 0.717) is 42.6 Å². The Morgan fingerprint density at radius 1 is 1.23 bits per heavy atom. The number of nitrogens with one attached hydrogen (secondary N) is 2. The Balaban J connectivity index is 1.31. The lowest BCUT2D eigenvalue weighted by Crippen LogP contribution is -2.47. The van der Waals surface area contributed by atoms with Crippen molar-refractivity contribution in [3.05, 3.63) is 65.6 Å². The topological polar surface area (TPSA) is 133 Å². The van der Waals surface area contributed by atoms with Crippen LogP contribution in [0.1, 0.15) is 35.6 Å². The van der Waals surface area contributed by atoms with Crippen LogP contribution in [0.15, 0.2) is 48.8 Å². The summed E-state index contributed by atoms with van der Waals surface area (Å²) in [5, 5.41) is 14.5. The Morgan fingerprint density at radius 3 is 2.86 bits per heavy atom. The Hall–Kier alpha value is -4.36. The number of carbonyl (C=O) groups is 2. The van der Waals surface area contributed by atoms with Gasteiger partial charge in [0.15, 0.2) is 0 Å². The molecule has 3 aromatic heterocycles. The summed E-state index contributed by atoms with van der Waals surface area (Å²) in [6.07, 6.45) is 4.62. The van der Waals surface area contributed by atoms with Crippen LogP contribution >= 0.6 is 0 Å². The number of anilines is 1. The molecule has 0 unspecified atom stereocenters. The monoisotopic (exact) mass is 469 g/mol. The molecule has 5 rings (SSSR count). The average molecular weight is 470 g/mol. The first-order valence-corrected chi connectivity index (χ1v) is 11.4. The number of hydrogen-bond acceptors (Lipinski definition) is 8. The van der Waals surface area contributed by atoms with Crippen molar-refractivity contribution in [3.8, 4) is 23.2 Å². The minimum absolute atomic E-state index is 0.0288. The van der Waals surface area contributed by atoms with Gasteiger partial charge in [0.1, 0.15) is 5.82 Å². The predicted octanol–water partition coefficient (Wildman–Crippen LogP) is 2.83. The highest BCUT2D eigenvalue weighted by molar-refractivity contribution is 5.85. The second-order valence-corrected chi connectivity index (χ2v) is 8.55. The molecule has 4 heterocycles. The van der Waals surface area contributed by atoms with Crippen LogP contribution in [0.25, 0.3) is 11.3 Å². The minimum atomic E-state index is -0.738. The molecule has 0 radical (unpaired) electrons. The van der Waals surface area contributed by atoms with E-state index in [-0.39, 0.29) is 11.8 Å². The number of carbonyl (C=O) groups excluding carboxylic acids is 2. The number of pyridine rings is 3. The first-order chi connectivity index (χ1) is 17.1. The molecule has 1 aliphatic heterocycles. The van der Waals surface area contributed by atoms with Crippen LogP contribution in [-0.2, 0) is 11.3 Å². The zero-order valence-corrected chi connectivity index (χ0v) is 18.9. The fraction of sp³-hybridized carbons (Fsp3) is 0.280. The summed E-state index contributed by atoms with van der Waals surface area (Å²) < 4.78 is 5.22. The number of nitriles is 1. The number of rotatable bonds is 6. The molecule has 2 fully saturated rings. The van der Waals surface area contributed by atoms with Crippen molar-refractivity contribution in [1.82, 2.24) is 25.2 Å². The third-order valence-electron chi connectivity index (χ3n) is 5.81. The fourth-order valence-electron chi connectivity index (χ4n) is 3.90. The molecule has 3 aromatic rings. The Labute approximate surface area is 202 Å². The molecule has 1 saturated heterocycles. The van der Waals surface area contributed by atoms with E-state index < -0.39 is 6.09 Å². The van der Waals surface area contributed by atoms with Crippen molar-refractivity contribution in [2.45, 2.75) is 25.3 Å². The fourth-order valence-corrected chi connectivity index (χ4v) is 3.90. The molecule has 10 nitrogen and oxygen atoms in total. The van der Waals surface area contributed by atoms with Crippen molar-refractivity contribution < 1.29 is 14.3 Å². The molecule has 35 heavy (non-hydrogen) atoms. The van der Waals surface area contributed by atoms with Crippen molar-refractivity contribution in [3.63, 3.8) is 0 Å². The number of amides is 2. The number of aromatic nitrogens is 3. The minimum Gasteiger partial charge on any atom is -0.391 e. The van der Waals surface area contributed by atoms with E-state index in [2.05, 4.69) is 30.5 Å². The van der Waals surface area contributed by atoms with Gasteiger partial charge in [-0.2, -0.15) is 5.26 Å². The van der Waals surface area contributed by atoms with Gasteiger partial charge >= 0.3 is 6.09 Å². The van der Waals surface area contributed by atoms with Gasteiger partial charge < -0.3 is 10.1 Å². The van der Waals surface area contributed by atoms with Crippen LogP contribution in [0.5, 0.6) is 5.88 Å². The number of hydrogen-bond donors (Lipinski definition) is 2. The SMILES string of the molecule is N#Cc1ccnc(OC(=O)Nc2cc(C3CC3)cc(-c3ccc(CN4CCNC(=O)C4)nc3)n2)c1. The third-order valence-corrected chi connectivity index (χ3v) is 5.81. The molecular weight excluding hydrogens is 446 g/mol. The number of ether oxygens (including phenoxy) is 1. The first-order valence-electron chi connectivity index (χ1n) is 11.4. The molecule has 10 heteroatoms. The smallest absolute Gasteiger partial charge is 0.391 e. The van der Waals surface area contributed by atoms with Crippen LogP contribution < -0.4 is 15.4 Å². The van der Waals surface area contributed by atoms with Gasteiger partial charge in [-0.3, -0.25) is 20.0 Å². The largest absolute Gasteiger partial charge is 0.419 e. The van der Waals surface area contributed by atoms with Crippen LogP contribution in [0, 0.1) is 11.3 Å². The Bertz CT molecular complexity index is 1300. The molecular formula is C25H23N7O3. The highest BCUT2D eigenvalue weighted by atomic mass is 16.6. The summed E-state index contributed by atoms with van der Waals surface area (Å²) in [4.78, 5) is 39.2. The molecule has 0 bridgehead atoms. The summed E-state index contributed by atoms with van der Waals surface area (Å²) in [5.74, 6) is 0.876. The van der Waals surface area contributed by atoms with Gasteiger partial charge in [0.25, 0.3) is 0 Å². The van der Waals surface area contributed by atoms with Gasteiger partial charge in [0.2, 0.25) is 11.8 Å². The van der Waals surface area contributed by atoms with Crippen LogP contribution in [0.3, 0.4) is 0 Å². The second kappa shape index (κ2) is 9.87. The predicted molar refractivity (Wildman–Crippen MR) is 126 cm³/mol. The highest BCUT2D eigenvalue weighted by Crippen LogP contribution is 2.41. The van der Waals surface area contributed by atoms with Gasteiger partial charge in [-0.15, -0.1) is 0 Å². The van der Waals surface area contributed by atoms with E-state index in [1.807, 2.05) is 30.3 Å². The maximum Gasteiger partial charge on any atom is 0.419 e. The Morgan fingerprint density at radius 2 is 2.11 bits per heavy atom. The van der Waals surface area contributed by atoms with Gasteiger partial charge in [-0.05, 0) is 54.7 Å². The summed E-state index contributed by atoms with van der Waals surface area (Å²) >= 11 is 0. The zero-order valence-electron chi connectivity index (χ0n) is 18.9. The summed E-state index contributed by atoms with van der Waals surface area (Å²) in [6.45, 7) is 2.41. The van der Waals surface area contributed by atoms with E-state index in [9.17, 15) is 9.59 Å². The van der Waals surface area contributed by atoms with E-state index in [0.717, 1.165) is 36.2 Å². The van der Waals surface area contributed by atoms with Gasteiger partial charge in [0, 0.05) is 43.7 Å². The van der Waals surface area contributed by atoms with E-state index in [1.54, 1.807) is 6.20 Å². The van der Waals surface area contributed by atoms with Crippen molar-refractivity contribution in [2.24, 2.45) is 0 Å². The molecule has 2 N–H and O–H groups in total. The molecule has 1 saturated carbocycles. The van der Waals surface area contributed by atoms with Crippen molar-refractivity contribution in [2.75, 3.05) is 25.0 Å². The average Bonchev–Trinajstić information content (AvgIpc) is 3.70. The molecule has 0 aromatic carbocycles. The quantitative estimate of drug-likeness (QED) is 0.563. The lowest BCUT2D eigenvalue weighted by atomic mass is 10.1. The van der Waals surface area contributed by atoms with Crippen LogP contribution in [0.2, 0.25) is 0 Å². The van der Waals surface area contributed by atoms with Crippen molar-refractivity contribution in [1.29, 1.82) is 5.26 Å². The normalized spacial score (nSPS) is 15.7.